The largest absolute Gasteiger partial charge is 0.463 e. The van der Waals surface area contributed by atoms with Crippen LogP contribution in [0.15, 0.2) is 34.7 Å². The molecule has 1 amide bonds. The Balaban J connectivity index is 1.57. The third kappa shape index (κ3) is 2.67. The first-order chi connectivity index (χ1) is 11.2. The number of aryl methyl sites for hydroxylation is 1. The highest BCUT2D eigenvalue weighted by atomic mass is 32.2. The second-order valence-corrected chi connectivity index (χ2v) is 6.60. The fourth-order valence-corrected chi connectivity index (χ4v) is 3.94. The third-order valence-electron chi connectivity index (χ3n) is 4.03. The lowest BCUT2D eigenvalue weighted by molar-refractivity contribution is -0.128. The number of carbonyl (C=O) groups is 1. The summed E-state index contributed by atoms with van der Waals surface area (Å²) in [4.78, 5) is 14.1. The van der Waals surface area contributed by atoms with Crippen molar-refractivity contribution < 1.29 is 18.7 Å². The topological polar surface area (TPSA) is 51.9 Å². The Morgan fingerprint density at radius 2 is 2.09 bits per heavy atom. The quantitative estimate of drug-likeness (QED) is 0.860. The van der Waals surface area contributed by atoms with E-state index in [0.29, 0.717) is 12.3 Å². The van der Waals surface area contributed by atoms with Crippen molar-refractivity contribution in [2.24, 2.45) is 0 Å². The highest BCUT2D eigenvalue weighted by Crippen LogP contribution is 2.41. The van der Waals surface area contributed by atoms with Gasteiger partial charge in [-0.2, -0.15) is 0 Å². The van der Waals surface area contributed by atoms with Crippen molar-refractivity contribution in [2.45, 2.75) is 25.3 Å². The molecule has 2 aliphatic heterocycles. The number of carbonyl (C=O) groups excluding carboxylic acids is 1. The van der Waals surface area contributed by atoms with Gasteiger partial charge in [0.05, 0.1) is 5.75 Å². The Labute approximate surface area is 138 Å². The Morgan fingerprint density at radius 3 is 2.91 bits per heavy atom. The minimum absolute atomic E-state index is 0.0618. The van der Waals surface area contributed by atoms with Gasteiger partial charge in [-0.1, -0.05) is 13.0 Å². The molecular formula is C17H17NO4S. The number of furan rings is 1. The Morgan fingerprint density at radius 1 is 1.22 bits per heavy atom. The monoisotopic (exact) mass is 331 g/mol. The Hall–Kier alpha value is -2.08. The van der Waals surface area contributed by atoms with Crippen LogP contribution in [-0.2, 0) is 17.8 Å². The third-order valence-corrected chi connectivity index (χ3v) is 5.25. The summed E-state index contributed by atoms with van der Waals surface area (Å²) in [5, 5.41) is -0.0618. The molecule has 1 fully saturated rings. The van der Waals surface area contributed by atoms with E-state index in [2.05, 4.69) is 6.92 Å². The molecule has 0 aliphatic carbocycles. The van der Waals surface area contributed by atoms with Crippen molar-refractivity contribution in [1.82, 2.24) is 4.90 Å². The molecule has 1 aromatic carbocycles. The fourth-order valence-electron chi connectivity index (χ4n) is 2.81. The minimum atomic E-state index is -0.0618. The van der Waals surface area contributed by atoms with Crippen molar-refractivity contribution in [3.05, 3.63) is 47.4 Å². The van der Waals surface area contributed by atoms with Gasteiger partial charge in [0.25, 0.3) is 0 Å². The molecule has 0 radical (unpaired) electrons. The number of amides is 1. The molecule has 0 spiro atoms. The van der Waals surface area contributed by atoms with Crippen LogP contribution in [0.2, 0.25) is 0 Å². The Kier molecular flexibility index (Phi) is 3.69. The zero-order valence-corrected chi connectivity index (χ0v) is 13.6. The average molecular weight is 331 g/mol. The summed E-state index contributed by atoms with van der Waals surface area (Å²) >= 11 is 1.61. The van der Waals surface area contributed by atoms with Gasteiger partial charge >= 0.3 is 0 Å². The summed E-state index contributed by atoms with van der Waals surface area (Å²) in [5.74, 6) is 3.90. The molecule has 1 saturated heterocycles. The summed E-state index contributed by atoms with van der Waals surface area (Å²) in [6.45, 7) is 2.85. The van der Waals surface area contributed by atoms with Gasteiger partial charge in [-0.15, -0.1) is 11.8 Å². The summed E-state index contributed by atoms with van der Waals surface area (Å²) in [7, 11) is 0. The highest BCUT2D eigenvalue weighted by Gasteiger charge is 2.35. The van der Waals surface area contributed by atoms with Gasteiger partial charge in [-0.3, -0.25) is 4.79 Å². The summed E-state index contributed by atoms with van der Waals surface area (Å²) in [6, 6.07) is 9.76. The van der Waals surface area contributed by atoms with Crippen LogP contribution in [-0.4, -0.2) is 23.4 Å². The second-order valence-electron chi connectivity index (χ2n) is 5.53. The number of hydrogen-bond acceptors (Lipinski definition) is 5. The summed E-state index contributed by atoms with van der Waals surface area (Å²) < 4.78 is 16.6. The van der Waals surface area contributed by atoms with Crippen LogP contribution in [0.1, 0.15) is 29.4 Å². The fraction of sp³-hybridized carbons (Fsp3) is 0.353. The molecule has 6 heteroatoms. The van der Waals surface area contributed by atoms with Gasteiger partial charge in [-0.05, 0) is 29.8 Å². The minimum Gasteiger partial charge on any atom is -0.463 e. The van der Waals surface area contributed by atoms with Crippen LogP contribution in [0.25, 0.3) is 0 Å². The van der Waals surface area contributed by atoms with Crippen LogP contribution in [0, 0.1) is 0 Å². The van der Waals surface area contributed by atoms with Crippen LogP contribution in [0.3, 0.4) is 0 Å². The maximum Gasteiger partial charge on any atom is 0.234 e. The van der Waals surface area contributed by atoms with Gasteiger partial charge in [0, 0.05) is 13.0 Å². The predicted octanol–water partition coefficient (Wildman–Crippen LogP) is 3.34. The van der Waals surface area contributed by atoms with Gasteiger partial charge in [0.2, 0.25) is 12.7 Å². The van der Waals surface area contributed by atoms with E-state index < -0.39 is 0 Å². The molecule has 0 bridgehead atoms. The summed E-state index contributed by atoms with van der Waals surface area (Å²) in [5.41, 5.74) is 1.03. The van der Waals surface area contributed by atoms with E-state index in [1.807, 2.05) is 35.2 Å². The molecule has 5 nitrogen and oxygen atoms in total. The first-order valence-corrected chi connectivity index (χ1v) is 8.67. The number of thioether (sulfide) groups is 1. The number of ether oxygens (including phenoxy) is 2. The van der Waals surface area contributed by atoms with Crippen molar-refractivity contribution >= 4 is 17.7 Å². The van der Waals surface area contributed by atoms with Crippen LogP contribution < -0.4 is 9.47 Å². The zero-order chi connectivity index (χ0) is 15.8. The van der Waals surface area contributed by atoms with Crippen molar-refractivity contribution in [1.29, 1.82) is 0 Å². The van der Waals surface area contributed by atoms with Gasteiger partial charge in [0.15, 0.2) is 11.5 Å². The lowest BCUT2D eigenvalue weighted by Crippen LogP contribution is -2.27. The van der Waals surface area contributed by atoms with E-state index in [0.717, 1.165) is 35.0 Å². The number of rotatable bonds is 4. The maximum absolute atomic E-state index is 12.3. The molecule has 0 saturated carbocycles. The molecule has 120 valence electrons. The van der Waals surface area contributed by atoms with Crippen LogP contribution >= 0.6 is 11.8 Å². The second kappa shape index (κ2) is 5.85. The van der Waals surface area contributed by atoms with Gasteiger partial charge < -0.3 is 18.8 Å². The molecule has 3 heterocycles. The summed E-state index contributed by atoms with van der Waals surface area (Å²) in [6.07, 6.45) is 0.855. The number of nitrogens with zero attached hydrogens (tertiary/aromatic N) is 1. The smallest absolute Gasteiger partial charge is 0.234 e. The lowest BCUT2D eigenvalue weighted by Gasteiger charge is -2.22. The Bertz CT molecular complexity index is 742. The lowest BCUT2D eigenvalue weighted by atomic mass is 10.2. The van der Waals surface area contributed by atoms with Crippen LogP contribution in [0.4, 0.5) is 0 Å². The number of benzene rings is 1. The van der Waals surface area contributed by atoms with E-state index in [4.69, 9.17) is 13.9 Å². The normalized spacial score (nSPS) is 19.6. The van der Waals surface area contributed by atoms with E-state index in [1.54, 1.807) is 11.8 Å². The van der Waals surface area contributed by atoms with Gasteiger partial charge in [-0.25, -0.2) is 0 Å². The molecule has 4 rings (SSSR count). The zero-order valence-electron chi connectivity index (χ0n) is 12.8. The van der Waals surface area contributed by atoms with E-state index in [9.17, 15) is 4.79 Å². The van der Waals surface area contributed by atoms with Crippen molar-refractivity contribution in [3.8, 4) is 11.5 Å². The van der Waals surface area contributed by atoms with Gasteiger partial charge in [0.1, 0.15) is 16.9 Å². The van der Waals surface area contributed by atoms with Crippen LogP contribution in [0.5, 0.6) is 11.5 Å². The first kappa shape index (κ1) is 14.5. The SMILES string of the molecule is CCc1ccc(C2SCC(=O)N2Cc2ccc3c(c2)OCO3)o1. The van der Waals surface area contributed by atoms with Crippen molar-refractivity contribution in [2.75, 3.05) is 12.5 Å². The van der Waals surface area contributed by atoms with Crippen molar-refractivity contribution in [3.63, 3.8) is 0 Å². The standard InChI is InChI=1S/C17H17NO4S/c1-2-12-4-6-14(22-12)17-18(16(19)9-23-17)8-11-3-5-13-15(7-11)21-10-20-13/h3-7,17H,2,8-10H2,1H3. The molecule has 23 heavy (non-hydrogen) atoms. The predicted molar refractivity (Wildman–Crippen MR) is 86.4 cm³/mol. The average Bonchev–Trinajstić information content (AvgIpc) is 3.27. The molecule has 0 N–H and O–H groups in total. The molecule has 1 aromatic heterocycles. The maximum atomic E-state index is 12.3. The molecule has 2 aromatic rings. The first-order valence-electron chi connectivity index (χ1n) is 7.63. The number of hydrogen-bond donors (Lipinski definition) is 0. The molecule has 1 atom stereocenters. The molecule has 2 aliphatic rings. The molecule has 1 unspecified atom stereocenters. The number of fused-ring (bicyclic) bond motifs is 1. The van der Waals surface area contributed by atoms with E-state index in [-0.39, 0.29) is 18.1 Å². The highest BCUT2D eigenvalue weighted by molar-refractivity contribution is 8.00. The van der Waals surface area contributed by atoms with E-state index >= 15 is 0 Å². The molecular weight excluding hydrogens is 314 g/mol. The van der Waals surface area contributed by atoms with E-state index in [1.165, 1.54) is 0 Å².